The molecule has 0 aliphatic carbocycles. The zero-order valence-corrected chi connectivity index (χ0v) is 13.5. The third kappa shape index (κ3) is 4.47. The van der Waals surface area contributed by atoms with Crippen LogP contribution in [0, 0.1) is 13.8 Å². The Bertz CT molecular complexity index is 529. The van der Waals surface area contributed by atoms with E-state index in [1.807, 2.05) is 0 Å². The summed E-state index contributed by atoms with van der Waals surface area (Å²) in [5.41, 5.74) is 1.23. The van der Waals surface area contributed by atoms with Crippen LogP contribution in [0.5, 0.6) is 5.75 Å². The van der Waals surface area contributed by atoms with Crippen LogP contribution in [-0.4, -0.2) is 39.6 Å². The summed E-state index contributed by atoms with van der Waals surface area (Å²) in [5, 5.41) is 5.21. The first kappa shape index (κ1) is 16.9. The number of hydrogen-bond acceptors (Lipinski definition) is 4. The Morgan fingerprint density at radius 3 is 2.05 bits per heavy atom. The third-order valence-electron chi connectivity index (χ3n) is 3.29. The molecular weight excluding hydrogens is 276 g/mol. The number of likely N-dealkylation sites (N-methyl/N-ethyl adjacent to an activating group) is 1. The van der Waals surface area contributed by atoms with Gasteiger partial charge >= 0.3 is 0 Å². The number of aryl methyl sites for hydroxylation is 2. The van der Waals surface area contributed by atoms with Crippen molar-refractivity contribution in [2.45, 2.75) is 32.6 Å². The van der Waals surface area contributed by atoms with Crippen molar-refractivity contribution in [1.82, 2.24) is 4.90 Å². The molecule has 1 rings (SSSR count). The van der Waals surface area contributed by atoms with Gasteiger partial charge in [-0.25, -0.2) is 13.6 Å². The lowest BCUT2D eigenvalue weighted by Gasteiger charge is -2.18. The van der Waals surface area contributed by atoms with Gasteiger partial charge in [0.05, 0.1) is 4.90 Å². The molecule has 0 fully saturated rings. The number of sulfonamides is 1. The van der Waals surface area contributed by atoms with Crippen molar-refractivity contribution in [3.8, 4) is 5.75 Å². The van der Waals surface area contributed by atoms with E-state index in [4.69, 9.17) is 9.88 Å². The van der Waals surface area contributed by atoms with Crippen molar-refractivity contribution < 1.29 is 13.2 Å². The van der Waals surface area contributed by atoms with Crippen LogP contribution in [-0.2, 0) is 10.0 Å². The van der Waals surface area contributed by atoms with Gasteiger partial charge in [0.25, 0.3) is 0 Å². The molecule has 1 aromatic rings. The monoisotopic (exact) mass is 300 g/mol. The average Bonchev–Trinajstić information content (AvgIpc) is 2.32. The maximum atomic E-state index is 11.5. The van der Waals surface area contributed by atoms with Crippen LogP contribution in [0.2, 0.25) is 0 Å². The lowest BCUT2D eigenvalue weighted by molar-refractivity contribution is 0.222. The Hall–Kier alpha value is -1.11. The fourth-order valence-corrected chi connectivity index (χ4v) is 3.29. The van der Waals surface area contributed by atoms with E-state index in [0.29, 0.717) is 23.5 Å². The van der Waals surface area contributed by atoms with E-state index in [1.54, 1.807) is 26.0 Å². The zero-order chi connectivity index (χ0) is 15.3. The molecule has 0 atom stereocenters. The Morgan fingerprint density at radius 2 is 1.65 bits per heavy atom. The summed E-state index contributed by atoms with van der Waals surface area (Å²) in [6, 6.07) is 3.43. The largest absolute Gasteiger partial charge is 0.492 e. The van der Waals surface area contributed by atoms with Gasteiger partial charge in [0.15, 0.2) is 0 Å². The summed E-state index contributed by atoms with van der Waals surface area (Å²) in [6.07, 6.45) is 0. The molecule has 114 valence electrons. The number of rotatable bonds is 7. The van der Waals surface area contributed by atoms with E-state index in [-0.39, 0.29) is 4.90 Å². The minimum Gasteiger partial charge on any atom is -0.492 e. The van der Waals surface area contributed by atoms with E-state index in [2.05, 4.69) is 18.7 Å². The van der Waals surface area contributed by atoms with E-state index in [1.165, 1.54) is 0 Å². The fraction of sp³-hybridized carbons (Fsp3) is 0.571. The standard InChI is InChI=1S/C14H24N2O3S/c1-5-16(6-2)7-8-19-13-9-11(3)14(12(4)10-13)20(15,17)18/h9-10H,5-8H2,1-4H3,(H2,15,17,18). The minimum atomic E-state index is -3.69. The van der Waals surface area contributed by atoms with E-state index < -0.39 is 10.0 Å². The molecule has 0 unspecified atom stereocenters. The highest BCUT2D eigenvalue weighted by Gasteiger charge is 2.16. The molecule has 0 aliphatic rings. The van der Waals surface area contributed by atoms with Crippen molar-refractivity contribution in [3.63, 3.8) is 0 Å². The number of nitrogens with zero attached hydrogens (tertiary/aromatic N) is 1. The Labute approximate surface area is 121 Å². The van der Waals surface area contributed by atoms with Crippen molar-refractivity contribution in [2.75, 3.05) is 26.2 Å². The maximum absolute atomic E-state index is 11.5. The van der Waals surface area contributed by atoms with Crippen LogP contribution in [0.25, 0.3) is 0 Å². The molecular formula is C14H24N2O3S. The van der Waals surface area contributed by atoms with E-state index >= 15 is 0 Å². The van der Waals surface area contributed by atoms with Crippen LogP contribution in [0.1, 0.15) is 25.0 Å². The van der Waals surface area contributed by atoms with Gasteiger partial charge < -0.3 is 9.64 Å². The number of benzene rings is 1. The molecule has 0 aliphatic heterocycles. The normalized spacial score (nSPS) is 11.9. The van der Waals surface area contributed by atoms with Crippen molar-refractivity contribution in [2.24, 2.45) is 5.14 Å². The first-order chi connectivity index (χ1) is 9.29. The lowest BCUT2D eigenvalue weighted by Crippen LogP contribution is -2.28. The summed E-state index contributed by atoms with van der Waals surface area (Å²) in [5.74, 6) is 0.680. The summed E-state index contributed by atoms with van der Waals surface area (Å²) in [6.45, 7) is 11.1. The smallest absolute Gasteiger partial charge is 0.238 e. The minimum absolute atomic E-state index is 0.189. The molecule has 0 aromatic heterocycles. The second-order valence-electron chi connectivity index (χ2n) is 4.81. The summed E-state index contributed by atoms with van der Waals surface area (Å²) in [4.78, 5) is 2.45. The number of nitrogens with two attached hydrogens (primary N) is 1. The highest BCUT2D eigenvalue weighted by molar-refractivity contribution is 7.89. The van der Waals surface area contributed by atoms with Gasteiger partial charge in [-0.05, 0) is 50.2 Å². The third-order valence-corrected chi connectivity index (χ3v) is 4.50. The summed E-state index contributed by atoms with van der Waals surface area (Å²) >= 11 is 0. The molecule has 1 aromatic carbocycles. The quantitative estimate of drug-likeness (QED) is 0.831. The molecule has 0 saturated carbocycles. The number of ether oxygens (including phenoxy) is 1. The predicted molar refractivity (Wildman–Crippen MR) is 80.6 cm³/mol. The summed E-state index contributed by atoms with van der Waals surface area (Å²) in [7, 11) is -3.69. The van der Waals surface area contributed by atoms with Gasteiger partial charge in [-0.1, -0.05) is 13.8 Å². The van der Waals surface area contributed by atoms with Crippen molar-refractivity contribution in [3.05, 3.63) is 23.3 Å². The van der Waals surface area contributed by atoms with Gasteiger partial charge in [0.2, 0.25) is 10.0 Å². The SMILES string of the molecule is CCN(CC)CCOc1cc(C)c(S(N)(=O)=O)c(C)c1. The maximum Gasteiger partial charge on any atom is 0.238 e. The molecule has 0 amide bonds. The van der Waals surface area contributed by atoms with Crippen LogP contribution in [0.4, 0.5) is 0 Å². The van der Waals surface area contributed by atoms with E-state index in [0.717, 1.165) is 19.6 Å². The Balaban J connectivity index is 2.80. The molecule has 5 nitrogen and oxygen atoms in total. The van der Waals surface area contributed by atoms with Gasteiger partial charge in [0.1, 0.15) is 12.4 Å². The lowest BCUT2D eigenvalue weighted by atomic mass is 10.1. The van der Waals surface area contributed by atoms with Crippen LogP contribution in [0.3, 0.4) is 0 Å². The van der Waals surface area contributed by atoms with Crippen molar-refractivity contribution >= 4 is 10.0 Å². The first-order valence-electron chi connectivity index (χ1n) is 6.78. The van der Waals surface area contributed by atoms with Crippen LogP contribution in [0.15, 0.2) is 17.0 Å². The Morgan fingerprint density at radius 1 is 1.15 bits per heavy atom. The van der Waals surface area contributed by atoms with Crippen LogP contribution < -0.4 is 9.88 Å². The second kappa shape index (κ2) is 7.06. The number of hydrogen-bond donors (Lipinski definition) is 1. The van der Waals surface area contributed by atoms with E-state index in [9.17, 15) is 8.42 Å². The van der Waals surface area contributed by atoms with Gasteiger partial charge in [-0.15, -0.1) is 0 Å². The fourth-order valence-electron chi connectivity index (χ4n) is 2.28. The average molecular weight is 300 g/mol. The highest BCUT2D eigenvalue weighted by Crippen LogP contribution is 2.24. The zero-order valence-electron chi connectivity index (χ0n) is 12.6. The van der Waals surface area contributed by atoms with Crippen LogP contribution >= 0.6 is 0 Å². The van der Waals surface area contributed by atoms with Gasteiger partial charge in [0, 0.05) is 6.54 Å². The molecule has 2 N–H and O–H groups in total. The summed E-state index contributed by atoms with van der Waals surface area (Å²) < 4.78 is 28.7. The molecule has 6 heteroatoms. The molecule has 0 bridgehead atoms. The predicted octanol–water partition coefficient (Wildman–Crippen LogP) is 1.67. The molecule has 0 heterocycles. The molecule has 0 radical (unpaired) electrons. The molecule has 0 spiro atoms. The van der Waals surface area contributed by atoms with Gasteiger partial charge in [-0.2, -0.15) is 0 Å². The molecule has 0 saturated heterocycles. The highest BCUT2D eigenvalue weighted by atomic mass is 32.2. The van der Waals surface area contributed by atoms with Crippen molar-refractivity contribution in [1.29, 1.82) is 0 Å². The first-order valence-corrected chi connectivity index (χ1v) is 8.33. The topological polar surface area (TPSA) is 72.6 Å². The second-order valence-corrected chi connectivity index (χ2v) is 6.30. The number of primary sulfonamides is 1. The Kier molecular flexibility index (Phi) is 5.98. The molecule has 20 heavy (non-hydrogen) atoms. The van der Waals surface area contributed by atoms with Gasteiger partial charge in [-0.3, -0.25) is 0 Å².